The van der Waals surface area contributed by atoms with Crippen molar-refractivity contribution >= 4 is 17.5 Å². The Morgan fingerprint density at radius 3 is 2.86 bits per heavy atom. The molecule has 0 spiro atoms. The van der Waals surface area contributed by atoms with E-state index >= 15 is 0 Å². The number of benzene rings is 1. The number of nitrogens with zero attached hydrogens (tertiary/aromatic N) is 9. The lowest BCUT2D eigenvalue weighted by Gasteiger charge is -2.22. The zero-order valence-corrected chi connectivity index (χ0v) is 16.5. The summed E-state index contributed by atoms with van der Waals surface area (Å²) < 4.78 is 1.98. The Morgan fingerprint density at radius 1 is 1.10 bits per heavy atom. The third kappa shape index (κ3) is 3.23. The van der Waals surface area contributed by atoms with Crippen LogP contribution in [-0.4, -0.2) is 46.5 Å². The van der Waals surface area contributed by atoms with Crippen molar-refractivity contribution in [1.29, 1.82) is 0 Å². The van der Waals surface area contributed by atoms with E-state index in [0.717, 1.165) is 42.4 Å². The lowest BCUT2D eigenvalue weighted by molar-refractivity contribution is 0.639. The minimum atomic E-state index is -0.00687. The highest BCUT2D eigenvalue weighted by Crippen LogP contribution is 2.34. The molecule has 1 aromatic carbocycles. The van der Waals surface area contributed by atoms with Gasteiger partial charge in [0, 0.05) is 36.6 Å². The molecule has 5 rings (SSSR count). The summed E-state index contributed by atoms with van der Waals surface area (Å²) in [5, 5.41) is 22.6. The fourth-order valence-electron chi connectivity index (χ4n) is 3.66. The summed E-state index contributed by atoms with van der Waals surface area (Å²) in [7, 11) is 1.96. The first-order chi connectivity index (χ1) is 14.2. The lowest BCUT2D eigenvalue weighted by Crippen LogP contribution is -2.26. The Balaban J connectivity index is 1.45. The van der Waals surface area contributed by atoms with Crippen molar-refractivity contribution in [3.05, 3.63) is 59.6 Å². The van der Waals surface area contributed by atoms with Crippen LogP contribution in [0.2, 0.25) is 5.02 Å². The molecule has 1 aliphatic heterocycles. The van der Waals surface area contributed by atoms with Crippen LogP contribution in [0.5, 0.6) is 0 Å². The predicted molar refractivity (Wildman–Crippen MR) is 108 cm³/mol. The van der Waals surface area contributed by atoms with E-state index in [1.54, 1.807) is 12.4 Å². The predicted octanol–water partition coefficient (Wildman–Crippen LogP) is 2.85. The molecule has 4 heterocycles. The fourth-order valence-corrected chi connectivity index (χ4v) is 3.84. The third-order valence-electron chi connectivity index (χ3n) is 5.05. The first kappa shape index (κ1) is 17.7. The maximum absolute atomic E-state index is 6.08. The molecule has 9 nitrogen and oxygen atoms in total. The van der Waals surface area contributed by atoms with E-state index in [0.29, 0.717) is 10.8 Å². The minimum Gasteiger partial charge on any atom is -0.330 e. The molecular weight excluding hydrogens is 390 g/mol. The first-order valence-electron chi connectivity index (χ1n) is 9.33. The monoisotopic (exact) mass is 407 g/mol. The second kappa shape index (κ2) is 7.25. The molecule has 4 aromatic rings. The van der Waals surface area contributed by atoms with Gasteiger partial charge >= 0.3 is 0 Å². The van der Waals surface area contributed by atoms with Gasteiger partial charge in [-0.2, -0.15) is 0 Å². The highest BCUT2D eigenvalue weighted by molar-refractivity contribution is 6.30. The SMILES string of the molecule is Cn1c(-c2cccnc2)nnc1N1CCCC1c1nnn(-c2cccc(Cl)c2)n1. The molecule has 29 heavy (non-hydrogen) atoms. The molecule has 1 aliphatic rings. The Labute approximate surface area is 172 Å². The average Bonchev–Trinajstić information content (AvgIpc) is 3.47. The number of anilines is 1. The summed E-state index contributed by atoms with van der Waals surface area (Å²) in [6.45, 7) is 0.857. The van der Waals surface area contributed by atoms with Crippen LogP contribution in [0.1, 0.15) is 24.7 Å². The van der Waals surface area contributed by atoms with Gasteiger partial charge in [0.25, 0.3) is 0 Å². The zero-order valence-electron chi connectivity index (χ0n) is 15.7. The van der Waals surface area contributed by atoms with E-state index in [1.165, 1.54) is 4.80 Å². The molecule has 0 N–H and O–H groups in total. The van der Waals surface area contributed by atoms with Crippen LogP contribution in [0.4, 0.5) is 5.95 Å². The van der Waals surface area contributed by atoms with Crippen molar-refractivity contribution in [2.75, 3.05) is 11.4 Å². The Morgan fingerprint density at radius 2 is 2.03 bits per heavy atom. The van der Waals surface area contributed by atoms with Crippen LogP contribution in [0, 0.1) is 0 Å². The third-order valence-corrected chi connectivity index (χ3v) is 5.28. The molecule has 1 atom stereocenters. The van der Waals surface area contributed by atoms with Crippen molar-refractivity contribution in [2.24, 2.45) is 7.05 Å². The van der Waals surface area contributed by atoms with Crippen LogP contribution in [0.25, 0.3) is 17.1 Å². The molecule has 0 aliphatic carbocycles. The van der Waals surface area contributed by atoms with Gasteiger partial charge in [-0.3, -0.25) is 9.55 Å². The highest BCUT2D eigenvalue weighted by Gasteiger charge is 2.33. The average molecular weight is 408 g/mol. The molecule has 0 bridgehead atoms. The second-order valence-corrected chi connectivity index (χ2v) is 7.33. The maximum Gasteiger partial charge on any atom is 0.227 e. The van der Waals surface area contributed by atoms with Crippen molar-refractivity contribution in [3.8, 4) is 17.1 Å². The largest absolute Gasteiger partial charge is 0.330 e. The van der Waals surface area contributed by atoms with E-state index < -0.39 is 0 Å². The van der Waals surface area contributed by atoms with E-state index in [-0.39, 0.29) is 6.04 Å². The second-order valence-electron chi connectivity index (χ2n) is 6.89. The van der Waals surface area contributed by atoms with Gasteiger partial charge in [-0.1, -0.05) is 17.7 Å². The van der Waals surface area contributed by atoms with Crippen LogP contribution in [-0.2, 0) is 7.05 Å². The topological polar surface area (TPSA) is 90.4 Å². The number of tetrazole rings is 1. The minimum absolute atomic E-state index is 0.00687. The van der Waals surface area contributed by atoms with Crippen molar-refractivity contribution in [3.63, 3.8) is 0 Å². The molecular formula is C19H18ClN9. The maximum atomic E-state index is 6.08. The van der Waals surface area contributed by atoms with E-state index in [4.69, 9.17) is 11.6 Å². The molecule has 1 fully saturated rings. The number of rotatable bonds is 4. The van der Waals surface area contributed by atoms with Gasteiger partial charge in [-0.05, 0) is 48.4 Å². The van der Waals surface area contributed by atoms with E-state index in [9.17, 15) is 0 Å². The van der Waals surface area contributed by atoms with Crippen LogP contribution in [0.15, 0.2) is 48.8 Å². The Kier molecular flexibility index (Phi) is 4.44. The van der Waals surface area contributed by atoms with E-state index in [1.807, 2.05) is 48.0 Å². The lowest BCUT2D eigenvalue weighted by atomic mass is 10.2. The molecule has 1 unspecified atom stereocenters. The quantitative estimate of drug-likeness (QED) is 0.513. The van der Waals surface area contributed by atoms with Gasteiger partial charge in [0.1, 0.15) is 0 Å². The highest BCUT2D eigenvalue weighted by atomic mass is 35.5. The molecule has 146 valence electrons. The molecule has 0 amide bonds. The van der Waals surface area contributed by atoms with E-state index in [2.05, 4.69) is 35.5 Å². The van der Waals surface area contributed by atoms with Crippen LogP contribution < -0.4 is 4.90 Å². The van der Waals surface area contributed by atoms with Gasteiger partial charge in [-0.15, -0.1) is 25.2 Å². The standard InChI is InChI=1S/C19H18ClN9/c1-27-18(13-5-3-9-21-12-13)23-24-19(27)28-10-4-8-16(28)17-22-26-29(25-17)15-7-2-6-14(20)11-15/h2-3,5-7,9,11-12,16H,4,8,10H2,1H3. The summed E-state index contributed by atoms with van der Waals surface area (Å²) in [5.74, 6) is 2.22. The van der Waals surface area contributed by atoms with Crippen molar-refractivity contribution in [2.45, 2.75) is 18.9 Å². The van der Waals surface area contributed by atoms with Gasteiger partial charge < -0.3 is 4.90 Å². The van der Waals surface area contributed by atoms with Crippen LogP contribution >= 0.6 is 11.6 Å². The molecule has 3 aromatic heterocycles. The summed E-state index contributed by atoms with van der Waals surface area (Å²) in [6.07, 6.45) is 5.47. The van der Waals surface area contributed by atoms with Gasteiger partial charge in [0.15, 0.2) is 11.6 Å². The number of hydrogen-bond donors (Lipinski definition) is 0. The number of pyridine rings is 1. The number of hydrogen-bond acceptors (Lipinski definition) is 7. The Bertz CT molecular complexity index is 1140. The zero-order chi connectivity index (χ0) is 19.8. The summed E-state index contributed by atoms with van der Waals surface area (Å²) >= 11 is 6.08. The molecule has 1 saturated heterocycles. The smallest absolute Gasteiger partial charge is 0.227 e. The normalized spacial score (nSPS) is 16.5. The Hall–Kier alpha value is -3.33. The van der Waals surface area contributed by atoms with Gasteiger partial charge in [-0.25, -0.2) is 0 Å². The summed E-state index contributed by atoms with van der Waals surface area (Å²) in [5.41, 5.74) is 1.70. The first-order valence-corrected chi connectivity index (χ1v) is 9.71. The van der Waals surface area contributed by atoms with Gasteiger partial charge in [0.2, 0.25) is 5.95 Å². The van der Waals surface area contributed by atoms with Gasteiger partial charge in [0.05, 0.1) is 11.7 Å². The van der Waals surface area contributed by atoms with Crippen molar-refractivity contribution < 1.29 is 0 Å². The van der Waals surface area contributed by atoms with Crippen LogP contribution in [0.3, 0.4) is 0 Å². The fraction of sp³-hybridized carbons (Fsp3) is 0.263. The van der Waals surface area contributed by atoms with Crippen molar-refractivity contribution in [1.82, 2.24) is 40.0 Å². The molecule has 0 saturated carbocycles. The molecule has 10 heteroatoms. The number of halogens is 1. The number of aromatic nitrogens is 8. The molecule has 0 radical (unpaired) electrons. The summed E-state index contributed by atoms with van der Waals surface area (Å²) in [4.78, 5) is 7.87. The summed E-state index contributed by atoms with van der Waals surface area (Å²) in [6, 6.07) is 11.2.